The fourth-order valence-electron chi connectivity index (χ4n) is 3.28. The first-order valence-electron chi connectivity index (χ1n) is 7.54. The number of rotatable bonds is 1. The monoisotopic (exact) mass is 294 g/mol. The van der Waals surface area contributed by atoms with E-state index in [4.69, 9.17) is 10.5 Å². The standard InChI is InChI=1S/C18H18N2O2/c19-12-6-5-9-15(18(12)21)20-13-7-1-3-10-16(13)22-17-11-4-2-8-14(17)20/h1-4,6-8,10-11,15,18,21H,5,9,19H2/t15-,18-/m0/s1. The molecule has 0 amide bonds. The van der Waals surface area contributed by atoms with Crippen LogP contribution in [0.3, 0.4) is 0 Å². The van der Waals surface area contributed by atoms with Crippen LogP contribution in [-0.2, 0) is 0 Å². The Morgan fingerprint density at radius 3 is 2.23 bits per heavy atom. The molecule has 0 spiro atoms. The maximum Gasteiger partial charge on any atom is 0.151 e. The molecule has 2 atom stereocenters. The van der Waals surface area contributed by atoms with Crippen molar-refractivity contribution in [1.82, 2.24) is 0 Å². The van der Waals surface area contributed by atoms with Crippen molar-refractivity contribution in [3.05, 3.63) is 60.3 Å². The molecule has 0 radical (unpaired) electrons. The van der Waals surface area contributed by atoms with E-state index >= 15 is 0 Å². The highest BCUT2D eigenvalue weighted by Gasteiger charge is 2.35. The molecular formula is C18H18N2O2. The lowest BCUT2D eigenvalue weighted by Gasteiger charge is -2.41. The van der Waals surface area contributed by atoms with Gasteiger partial charge in [-0.3, -0.25) is 0 Å². The predicted molar refractivity (Wildman–Crippen MR) is 86.4 cm³/mol. The second-order valence-corrected chi connectivity index (χ2v) is 5.70. The van der Waals surface area contributed by atoms with Crippen LogP contribution >= 0.6 is 0 Å². The minimum Gasteiger partial charge on any atom is -0.453 e. The number of fused-ring (bicyclic) bond motifs is 2. The Balaban J connectivity index is 1.86. The van der Waals surface area contributed by atoms with E-state index in [1.807, 2.05) is 54.6 Å². The van der Waals surface area contributed by atoms with E-state index in [1.54, 1.807) is 0 Å². The van der Waals surface area contributed by atoms with E-state index in [2.05, 4.69) is 4.90 Å². The number of ether oxygens (including phenoxy) is 1. The van der Waals surface area contributed by atoms with Crippen LogP contribution in [0.5, 0.6) is 11.5 Å². The fourth-order valence-corrected chi connectivity index (χ4v) is 3.28. The van der Waals surface area contributed by atoms with E-state index in [9.17, 15) is 5.11 Å². The Kier molecular flexibility index (Phi) is 3.05. The van der Waals surface area contributed by atoms with Crippen LogP contribution in [0.2, 0.25) is 0 Å². The summed E-state index contributed by atoms with van der Waals surface area (Å²) in [7, 11) is 0. The third kappa shape index (κ3) is 1.96. The summed E-state index contributed by atoms with van der Waals surface area (Å²) >= 11 is 0. The number of para-hydroxylation sites is 4. The molecule has 0 aromatic heterocycles. The average molecular weight is 294 g/mol. The molecular weight excluding hydrogens is 276 g/mol. The smallest absolute Gasteiger partial charge is 0.151 e. The van der Waals surface area contributed by atoms with Crippen molar-refractivity contribution in [2.75, 3.05) is 4.90 Å². The van der Waals surface area contributed by atoms with Gasteiger partial charge in [0.15, 0.2) is 11.5 Å². The lowest BCUT2D eigenvalue weighted by molar-refractivity contribution is 0.165. The summed E-state index contributed by atoms with van der Waals surface area (Å²) in [4.78, 5) is 2.17. The summed E-state index contributed by atoms with van der Waals surface area (Å²) in [6.45, 7) is 0. The van der Waals surface area contributed by atoms with Crippen LogP contribution in [0.15, 0.2) is 60.3 Å². The number of benzene rings is 2. The fraction of sp³-hybridized carbons (Fsp3) is 0.222. The van der Waals surface area contributed by atoms with Gasteiger partial charge in [0.25, 0.3) is 0 Å². The van der Waals surface area contributed by atoms with Crippen molar-refractivity contribution >= 4 is 11.4 Å². The van der Waals surface area contributed by atoms with Crippen molar-refractivity contribution < 1.29 is 9.84 Å². The number of aliphatic hydroxyl groups excluding tert-OH is 1. The van der Waals surface area contributed by atoms with Gasteiger partial charge < -0.3 is 20.5 Å². The van der Waals surface area contributed by atoms with Crippen molar-refractivity contribution in [1.29, 1.82) is 0 Å². The van der Waals surface area contributed by atoms with Crippen LogP contribution in [0, 0.1) is 0 Å². The third-order valence-electron chi connectivity index (χ3n) is 4.35. The second kappa shape index (κ2) is 5.07. The highest BCUT2D eigenvalue weighted by molar-refractivity contribution is 5.78. The van der Waals surface area contributed by atoms with Gasteiger partial charge in [0, 0.05) is 5.70 Å². The molecule has 2 aromatic carbocycles. The summed E-state index contributed by atoms with van der Waals surface area (Å²) in [5, 5.41) is 10.6. The Bertz CT molecular complexity index is 696. The molecule has 22 heavy (non-hydrogen) atoms. The molecule has 0 saturated heterocycles. The zero-order chi connectivity index (χ0) is 15.1. The van der Waals surface area contributed by atoms with Gasteiger partial charge in [0.2, 0.25) is 0 Å². The Morgan fingerprint density at radius 1 is 1.00 bits per heavy atom. The topological polar surface area (TPSA) is 58.7 Å². The van der Waals surface area contributed by atoms with Crippen molar-refractivity contribution in [2.45, 2.75) is 25.0 Å². The predicted octanol–water partition coefficient (Wildman–Crippen LogP) is 3.30. The summed E-state index contributed by atoms with van der Waals surface area (Å²) < 4.78 is 5.99. The van der Waals surface area contributed by atoms with E-state index in [0.717, 1.165) is 35.7 Å². The molecule has 4 nitrogen and oxygen atoms in total. The first-order chi connectivity index (χ1) is 10.8. The highest BCUT2D eigenvalue weighted by Crippen LogP contribution is 2.48. The lowest BCUT2D eigenvalue weighted by Crippen LogP contribution is -2.46. The molecule has 0 saturated carbocycles. The minimum atomic E-state index is -0.673. The number of aliphatic hydroxyl groups is 1. The van der Waals surface area contributed by atoms with Crippen molar-refractivity contribution in [3.8, 4) is 11.5 Å². The van der Waals surface area contributed by atoms with Crippen LogP contribution in [0.25, 0.3) is 0 Å². The molecule has 2 aromatic rings. The first-order valence-corrected chi connectivity index (χ1v) is 7.54. The van der Waals surface area contributed by atoms with E-state index in [-0.39, 0.29) is 6.04 Å². The summed E-state index contributed by atoms with van der Waals surface area (Å²) in [5.41, 5.74) is 8.47. The number of anilines is 2. The molecule has 112 valence electrons. The molecule has 1 heterocycles. The number of allylic oxidation sites excluding steroid dienone is 1. The van der Waals surface area contributed by atoms with Gasteiger partial charge in [0.1, 0.15) is 6.10 Å². The molecule has 3 N–H and O–H groups in total. The summed E-state index contributed by atoms with van der Waals surface area (Å²) in [6.07, 6.45) is 2.96. The summed E-state index contributed by atoms with van der Waals surface area (Å²) in [6, 6.07) is 15.7. The van der Waals surface area contributed by atoms with E-state index < -0.39 is 6.10 Å². The largest absolute Gasteiger partial charge is 0.453 e. The normalized spacial score (nSPS) is 23.1. The van der Waals surface area contributed by atoms with Gasteiger partial charge in [-0.1, -0.05) is 30.3 Å². The maximum atomic E-state index is 10.6. The van der Waals surface area contributed by atoms with Gasteiger partial charge in [-0.2, -0.15) is 0 Å². The van der Waals surface area contributed by atoms with Crippen LogP contribution in [0.1, 0.15) is 12.8 Å². The van der Waals surface area contributed by atoms with Gasteiger partial charge >= 0.3 is 0 Å². The van der Waals surface area contributed by atoms with Crippen molar-refractivity contribution in [3.63, 3.8) is 0 Å². The third-order valence-corrected chi connectivity index (χ3v) is 4.35. The van der Waals surface area contributed by atoms with Gasteiger partial charge in [-0.15, -0.1) is 0 Å². The Morgan fingerprint density at radius 2 is 1.59 bits per heavy atom. The van der Waals surface area contributed by atoms with Crippen LogP contribution in [-0.4, -0.2) is 17.3 Å². The molecule has 0 unspecified atom stereocenters. The molecule has 1 aliphatic heterocycles. The SMILES string of the molecule is NC1=CCC[C@H](N2c3ccccc3Oc3ccccc32)[C@H]1O. The van der Waals surface area contributed by atoms with Gasteiger partial charge in [-0.25, -0.2) is 0 Å². The maximum absolute atomic E-state index is 10.6. The Hall–Kier alpha value is -2.46. The quantitative estimate of drug-likeness (QED) is 0.847. The minimum absolute atomic E-state index is 0.0869. The van der Waals surface area contributed by atoms with Crippen molar-refractivity contribution in [2.24, 2.45) is 5.73 Å². The second-order valence-electron chi connectivity index (χ2n) is 5.70. The zero-order valence-corrected chi connectivity index (χ0v) is 12.1. The first kappa shape index (κ1) is 13.2. The molecule has 4 heteroatoms. The average Bonchev–Trinajstić information content (AvgIpc) is 2.55. The van der Waals surface area contributed by atoms with Gasteiger partial charge in [-0.05, 0) is 37.1 Å². The summed E-state index contributed by atoms with van der Waals surface area (Å²) in [5.74, 6) is 1.61. The van der Waals surface area contributed by atoms with E-state index in [1.165, 1.54) is 0 Å². The highest BCUT2D eigenvalue weighted by atomic mass is 16.5. The number of nitrogens with zero attached hydrogens (tertiary/aromatic N) is 1. The number of nitrogens with two attached hydrogens (primary N) is 1. The number of hydrogen-bond acceptors (Lipinski definition) is 4. The van der Waals surface area contributed by atoms with Gasteiger partial charge in [0.05, 0.1) is 17.4 Å². The molecule has 2 aliphatic rings. The lowest BCUT2D eigenvalue weighted by atomic mass is 9.93. The molecule has 4 rings (SSSR count). The molecule has 0 bridgehead atoms. The Labute approximate surface area is 129 Å². The van der Waals surface area contributed by atoms with Crippen LogP contribution < -0.4 is 15.4 Å². The molecule has 0 fully saturated rings. The zero-order valence-electron chi connectivity index (χ0n) is 12.1. The van der Waals surface area contributed by atoms with E-state index in [0.29, 0.717) is 5.70 Å². The van der Waals surface area contributed by atoms with Crippen LogP contribution in [0.4, 0.5) is 11.4 Å². The molecule has 1 aliphatic carbocycles. The number of hydrogen-bond donors (Lipinski definition) is 2.